The van der Waals surface area contributed by atoms with Crippen LogP contribution in [0.3, 0.4) is 0 Å². The van der Waals surface area contributed by atoms with Crippen LogP contribution in [0.2, 0.25) is 0 Å². The SMILES string of the molecule is COC(=O)c1ccccc1-c1ccc(/C=C2\SC(=NC3CCCC3)NC2=O)o1. The van der Waals surface area contributed by atoms with Crippen LogP contribution in [0.4, 0.5) is 0 Å². The van der Waals surface area contributed by atoms with Crippen LogP contribution in [0.5, 0.6) is 0 Å². The summed E-state index contributed by atoms with van der Waals surface area (Å²) < 4.78 is 10.7. The smallest absolute Gasteiger partial charge is 0.338 e. The van der Waals surface area contributed by atoms with Crippen molar-refractivity contribution in [2.75, 3.05) is 7.11 Å². The molecule has 2 fully saturated rings. The summed E-state index contributed by atoms with van der Waals surface area (Å²) in [6, 6.07) is 10.9. The summed E-state index contributed by atoms with van der Waals surface area (Å²) in [4.78, 5) is 29.4. The summed E-state index contributed by atoms with van der Waals surface area (Å²) in [7, 11) is 1.34. The summed E-state index contributed by atoms with van der Waals surface area (Å²) in [5.41, 5.74) is 1.07. The Balaban J connectivity index is 1.55. The molecule has 6 nitrogen and oxygen atoms in total. The molecule has 0 bridgehead atoms. The molecule has 1 N–H and O–H groups in total. The molecular weight excluding hydrogens is 376 g/mol. The quantitative estimate of drug-likeness (QED) is 0.618. The summed E-state index contributed by atoms with van der Waals surface area (Å²) in [6.07, 6.45) is 6.26. The van der Waals surface area contributed by atoms with Crippen LogP contribution in [-0.2, 0) is 9.53 Å². The lowest BCUT2D eigenvalue weighted by Crippen LogP contribution is -2.21. The van der Waals surface area contributed by atoms with Gasteiger partial charge in [-0.05, 0) is 42.8 Å². The van der Waals surface area contributed by atoms with Crippen molar-refractivity contribution in [2.24, 2.45) is 4.99 Å². The van der Waals surface area contributed by atoms with Gasteiger partial charge in [0.1, 0.15) is 11.5 Å². The first kappa shape index (κ1) is 18.6. The van der Waals surface area contributed by atoms with E-state index >= 15 is 0 Å². The maximum atomic E-state index is 12.2. The Morgan fingerprint density at radius 2 is 2.04 bits per heavy atom. The lowest BCUT2D eigenvalue weighted by atomic mass is 10.1. The molecule has 28 heavy (non-hydrogen) atoms. The van der Waals surface area contributed by atoms with Gasteiger partial charge in [-0.1, -0.05) is 31.0 Å². The highest BCUT2D eigenvalue weighted by atomic mass is 32.2. The number of aliphatic imine (C=N–C) groups is 1. The molecule has 1 aromatic heterocycles. The number of rotatable bonds is 4. The number of nitrogens with one attached hydrogen (secondary N) is 1. The topological polar surface area (TPSA) is 80.9 Å². The number of furan rings is 1. The summed E-state index contributed by atoms with van der Waals surface area (Å²) in [5, 5.41) is 3.48. The molecule has 0 atom stereocenters. The minimum absolute atomic E-state index is 0.172. The summed E-state index contributed by atoms with van der Waals surface area (Å²) >= 11 is 1.33. The van der Waals surface area contributed by atoms with Gasteiger partial charge >= 0.3 is 5.97 Å². The first-order chi connectivity index (χ1) is 13.6. The van der Waals surface area contributed by atoms with Crippen molar-refractivity contribution in [1.82, 2.24) is 5.32 Å². The normalized spacial score (nSPS) is 20.1. The molecule has 1 saturated heterocycles. The second-order valence-corrected chi connectivity index (χ2v) is 7.71. The van der Waals surface area contributed by atoms with Gasteiger partial charge in [0.25, 0.3) is 5.91 Å². The van der Waals surface area contributed by atoms with E-state index in [4.69, 9.17) is 9.15 Å². The van der Waals surface area contributed by atoms with Crippen molar-refractivity contribution in [3.05, 3.63) is 52.6 Å². The number of esters is 1. The third-order valence-electron chi connectivity index (χ3n) is 4.77. The van der Waals surface area contributed by atoms with Gasteiger partial charge in [-0.2, -0.15) is 0 Å². The van der Waals surface area contributed by atoms with Gasteiger partial charge in [-0.15, -0.1) is 0 Å². The van der Waals surface area contributed by atoms with Crippen molar-refractivity contribution >= 4 is 34.9 Å². The number of amidine groups is 1. The van der Waals surface area contributed by atoms with Gasteiger partial charge in [0, 0.05) is 11.6 Å². The molecule has 0 spiro atoms. The highest BCUT2D eigenvalue weighted by Gasteiger charge is 2.26. The number of amides is 1. The van der Waals surface area contributed by atoms with E-state index in [0.717, 1.165) is 12.8 Å². The third-order valence-corrected chi connectivity index (χ3v) is 5.70. The van der Waals surface area contributed by atoms with Gasteiger partial charge in [0.2, 0.25) is 0 Å². The predicted molar refractivity (Wildman–Crippen MR) is 109 cm³/mol. The fourth-order valence-electron chi connectivity index (χ4n) is 3.38. The molecule has 144 valence electrons. The molecule has 1 saturated carbocycles. The molecule has 2 aliphatic rings. The lowest BCUT2D eigenvalue weighted by Gasteiger charge is -2.04. The second kappa shape index (κ2) is 8.06. The molecule has 1 aliphatic heterocycles. The molecule has 1 amide bonds. The predicted octanol–water partition coefficient (Wildman–Crippen LogP) is 4.24. The Bertz CT molecular complexity index is 970. The molecule has 0 unspecified atom stereocenters. The number of nitrogens with zero attached hydrogens (tertiary/aromatic N) is 1. The van der Waals surface area contributed by atoms with Crippen LogP contribution in [0.1, 0.15) is 41.8 Å². The number of hydrogen-bond donors (Lipinski definition) is 1. The highest BCUT2D eigenvalue weighted by molar-refractivity contribution is 8.18. The number of hydrogen-bond acceptors (Lipinski definition) is 6. The number of thioether (sulfide) groups is 1. The Morgan fingerprint density at radius 3 is 2.82 bits per heavy atom. The van der Waals surface area contributed by atoms with Crippen molar-refractivity contribution in [2.45, 2.75) is 31.7 Å². The van der Waals surface area contributed by atoms with Crippen LogP contribution in [0.25, 0.3) is 17.4 Å². The molecule has 2 aromatic rings. The maximum Gasteiger partial charge on any atom is 0.338 e. The van der Waals surface area contributed by atoms with Gasteiger partial charge in [0.15, 0.2) is 5.17 Å². The van der Waals surface area contributed by atoms with E-state index in [1.165, 1.54) is 31.7 Å². The number of benzene rings is 1. The van der Waals surface area contributed by atoms with E-state index < -0.39 is 5.97 Å². The average molecular weight is 396 g/mol. The molecule has 1 aliphatic carbocycles. The minimum Gasteiger partial charge on any atom is -0.465 e. The third kappa shape index (κ3) is 3.89. The first-order valence-electron chi connectivity index (χ1n) is 9.20. The van der Waals surface area contributed by atoms with E-state index in [9.17, 15) is 9.59 Å². The van der Waals surface area contributed by atoms with Crippen LogP contribution < -0.4 is 5.32 Å². The van der Waals surface area contributed by atoms with E-state index in [1.807, 2.05) is 6.07 Å². The van der Waals surface area contributed by atoms with Crippen molar-refractivity contribution in [3.8, 4) is 11.3 Å². The lowest BCUT2D eigenvalue weighted by molar-refractivity contribution is -0.115. The van der Waals surface area contributed by atoms with Crippen LogP contribution >= 0.6 is 11.8 Å². The number of ether oxygens (including phenoxy) is 1. The van der Waals surface area contributed by atoms with Gasteiger partial charge in [-0.25, -0.2) is 4.79 Å². The molecular formula is C21H20N2O4S. The Hall–Kier alpha value is -2.80. The van der Waals surface area contributed by atoms with E-state index in [1.54, 1.807) is 36.4 Å². The number of carbonyl (C=O) groups is 2. The number of carbonyl (C=O) groups excluding carboxylic acids is 2. The zero-order valence-electron chi connectivity index (χ0n) is 15.4. The van der Waals surface area contributed by atoms with E-state index in [-0.39, 0.29) is 5.91 Å². The molecule has 7 heteroatoms. The van der Waals surface area contributed by atoms with E-state index in [2.05, 4.69) is 10.3 Å². The van der Waals surface area contributed by atoms with Crippen LogP contribution in [0, 0.1) is 0 Å². The zero-order chi connectivity index (χ0) is 19.5. The van der Waals surface area contributed by atoms with Crippen LogP contribution in [0.15, 0.2) is 50.7 Å². The maximum absolute atomic E-state index is 12.2. The molecule has 2 heterocycles. The average Bonchev–Trinajstić information content (AvgIpc) is 3.45. The highest BCUT2D eigenvalue weighted by Crippen LogP contribution is 2.31. The van der Waals surface area contributed by atoms with E-state index in [0.29, 0.717) is 38.8 Å². The van der Waals surface area contributed by atoms with Crippen molar-refractivity contribution in [1.29, 1.82) is 0 Å². The van der Waals surface area contributed by atoms with Crippen molar-refractivity contribution < 1.29 is 18.7 Å². The zero-order valence-corrected chi connectivity index (χ0v) is 16.3. The number of methoxy groups -OCH3 is 1. The largest absolute Gasteiger partial charge is 0.465 e. The summed E-state index contributed by atoms with van der Waals surface area (Å²) in [5.74, 6) is 0.477. The van der Waals surface area contributed by atoms with Gasteiger partial charge < -0.3 is 14.5 Å². The minimum atomic E-state index is -0.426. The van der Waals surface area contributed by atoms with Crippen LogP contribution in [-0.4, -0.2) is 30.2 Å². The Labute approximate surface area is 167 Å². The molecule has 0 radical (unpaired) electrons. The monoisotopic (exact) mass is 396 g/mol. The standard InChI is InChI=1S/C21H20N2O4S/c1-26-20(25)16-9-5-4-8-15(16)17-11-10-14(27-17)12-18-19(24)23-21(28-18)22-13-6-2-3-7-13/h4-5,8-13H,2-3,6-7H2,1H3,(H,22,23,24)/b18-12-. The molecule has 4 rings (SSSR count). The first-order valence-corrected chi connectivity index (χ1v) is 10.0. The Kier molecular flexibility index (Phi) is 5.34. The van der Waals surface area contributed by atoms with Gasteiger partial charge in [-0.3, -0.25) is 9.79 Å². The fraction of sp³-hybridized carbons (Fsp3) is 0.286. The van der Waals surface area contributed by atoms with Crippen molar-refractivity contribution in [3.63, 3.8) is 0 Å². The summed E-state index contributed by atoms with van der Waals surface area (Å²) in [6.45, 7) is 0. The molecule has 1 aromatic carbocycles. The Morgan fingerprint density at radius 1 is 1.25 bits per heavy atom. The van der Waals surface area contributed by atoms with Gasteiger partial charge in [0.05, 0.1) is 23.6 Å². The fourth-order valence-corrected chi connectivity index (χ4v) is 4.25. The second-order valence-electron chi connectivity index (χ2n) is 6.68.